The highest BCUT2D eigenvalue weighted by molar-refractivity contribution is 5.31. The number of benzene rings is 1. The topological polar surface area (TPSA) is 43.1 Å². The number of hydrogen-bond donors (Lipinski definition) is 2. The predicted octanol–water partition coefficient (Wildman–Crippen LogP) is 2.55. The minimum Gasteiger partial charge on any atom is -0.494 e. The first-order chi connectivity index (χ1) is 12.2. The molecule has 0 aromatic heterocycles. The zero-order chi connectivity index (χ0) is 18.0. The average molecular weight is 351 g/mol. The van der Waals surface area contributed by atoms with Crippen LogP contribution in [0.5, 0.6) is 5.75 Å². The number of nitrogens with one attached hydrogen (secondary N) is 1. The van der Waals surface area contributed by atoms with E-state index in [-0.39, 0.29) is 0 Å². The summed E-state index contributed by atoms with van der Waals surface area (Å²) < 4.78 is 11.2. The summed E-state index contributed by atoms with van der Waals surface area (Å²) in [7, 11) is 0. The van der Waals surface area contributed by atoms with Crippen molar-refractivity contribution in [3.05, 3.63) is 29.8 Å². The maximum absolute atomic E-state index is 11.3. The fourth-order valence-electron chi connectivity index (χ4n) is 3.52. The van der Waals surface area contributed by atoms with Crippen LogP contribution in [0.15, 0.2) is 24.3 Å². The molecule has 2 rings (SSSR count). The number of ether oxygens (including phenoxy) is 2. The fraction of sp³-hybridized carbons (Fsp3) is 0.714. The number of morpholine rings is 1. The molecule has 1 saturated heterocycles. The summed E-state index contributed by atoms with van der Waals surface area (Å²) >= 11 is 0. The highest BCUT2D eigenvalue weighted by Gasteiger charge is 2.30. The summed E-state index contributed by atoms with van der Waals surface area (Å²) in [6.45, 7) is 9.87. The largest absolute Gasteiger partial charge is 0.494 e. The highest BCUT2D eigenvalue weighted by Crippen LogP contribution is 2.31. The van der Waals surface area contributed by atoms with Crippen LogP contribution in [-0.2, 0) is 10.3 Å². The fourth-order valence-corrected chi connectivity index (χ4v) is 3.52. The minimum atomic E-state index is -0.735. The van der Waals surface area contributed by atoms with Crippen molar-refractivity contribution in [3.8, 4) is 5.75 Å². The summed E-state index contributed by atoms with van der Waals surface area (Å²) in [5, 5.41) is 11.3. The zero-order valence-electron chi connectivity index (χ0n) is 16.1. The van der Waals surface area contributed by atoms with Crippen LogP contribution < -0.4 is 9.64 Å². The van der Waals surface area contributed by atoms with E-state index in [0.717, 1.165) is 76.5 Å². The van der Waals surface area contributed by atoms with Crippen molar-refractivity contribution in [1.82, 2.24) is 0 Å². The Balaban J connectivity index is 1.92. The molecule has 1 aromatic carbocycles. The molecule has 0 aliphatic carbocycles. The van der Waals surface area contributed by atoms with Crippen LogP contribution in [-0.4, -0.2) is 44.6 Å². The molecule has 1 aliphatic heterocycles. The summed E-state index contributed by atoms with van der Waals surface area (Å²) in [6, 6.07) is 8.09. The van der Waals surface area contributed by atoms with Gasteiger partial charge in [0.05, 0.1) is 32.0 Å². The molecule has 1 fully saturated rings. The number of rotatable bonds is 11. The average Bonchev–Trinajstić information content (AvgIpc) is 2.65. The lowest BCUT2D eigenvalue weighted by atomic mass is 9.86. The third-order valence-corrected chi connectivity index (χ3v) is 5.16. The van der Waals surface area contributed by atoms with Crippen LogP contribution >= 0.6 is 0 Å². The van der Waals surface area contributed by atoms with Crippen LogP contribution in [0.1, 0.15) is 57.9 Å². The lowest BCUT2D eigenvalue weighted by Crippen LogP contribution is -3.14. The Morgan fingerprint density at radius 3 is 2.40 bits per heavy atom. The normalized spacial score (nSPS) is 18.0. The van der Waals surface area contributed by atoms with Crippen molar-refractivity contribution >= 4 is 0 Å². The summed E-state index contributed by atoms with van der Waals surface area (Å²) in [5.74, 6) is 0.900. The van der Waals surface area contributed by atoms with E-state index in [1.165, 1.54) is 17.7 Å². The Kier molecular flexibility index (Phi) is 8.73. The van der Waals surface area contributed by atoms with Crippen LogP contribution in [0.3, 0.4) is 0 Å². The molecule has 2 N–H and O–H groups in total. The monoisotopic (exact) mass is 350 g/mol. The lowest BCUT2D eigenvalue weighted by molar-refractivity contribution is -0.909. The standard InChI is InChI=1S/C21H35NO3/c1-3-5-6-16-25-20-9-7-19(8-10-20)21(23,11-4-2)12-13-22-14-17-24-18-15-22/h7-10,23H,3-6,11-18H2,1-2H3/p+1/t21-/m1/s1. The van der Waals surface area contributed by atoms with Gasteiger partial charge in [0.15, 0.2) is 0 Å². The van der Waals surface area contributed by atoms with E-state index in [4.69, 9.17) is 9.47 Å². The number of aliphatic hydroxyl groups is 1. The molecule has 0 radical (unpaired) electrons. The molecule has 0 amide bonds. The molecule has 1 heterocycles. The van der Waals surface area contributed by atoms with Crippen LogP contribution in [0.2, 0.25) is 0 Å². The van der Waals surface area contributed by atoms with Crippen LogP contribution in [0.4, 0.5) is 0 Å². The Bertz CT molecular complexity index is 471. The van der Waals surface area contributed by atoms with Crippen molar-refractivity contribution in [2.75, 3.05) is 39.5 Å². The van der Waals surface area contributed by atoms with Crippen LogP contribution in [0, 0.1) is 0 Å². The van der Waals surface area contributed by atoms with Crippen molar-refractivity contribution in [2.45, 2.75) is 58.0 Å². The molecule has 1 aromatic rings. The first kappa shape index (κ1) is 20.2. The first-order valence-electron chi connectivity index (χ1n) is 10.0. The smallest absolute Gasteiger partial charge is 0.119 e. The van der Waals surface area contributed by atoms with E-state index in [0.29, 0.717) is 0 Å². The van der Waals surface area contributed by atoms with E-state index in [9.17, 15) is 5.11 Å². The Morgan fingerprint density at radius 1 is 1.04 bits per heavy atom. The molecule has 1 aliphatic rings. The van der Waals surface area contributed by atoms with Crippen LogP contribution in [0.25, 0.3) is 0 Å². The van der Waals surface area contributed by atoms with Gasteiger partial charge in [-0.25, -0.2) is 0 Å². The van der Waals surface area contributed by atoms with Gasteiger partial charge in [0.2, 0.25) is 0 Å². The molecule has 0 unspecified atom stereocenters. The molecule has 142 valence electrons. The van der Waals surface area contributed by atoms with Crippen molar-refractivity contribution in [2.24, 2.45) is 0 Å². The molecular weight excluding hydrogens is 314 g/mol. The maximum atomic E-state index is 11.3. The molecule has 4 nitrogen and oxygen atoms in total. The van der Waals surface area contributed by atoms with E-state index >= 15 is 0 Å². The van der Waals surface area contributed by atoms with E-state index in [2.05, 4.69) is 13.8 Å². The summed E-state index contributed by atoms with van der Waals surface area (Å²) in [5.41, 5.74) is 0.281. The van der Waals surface area contributed by atoms with Gasteiger partial charge in [-0.1, -0.05) is 45.2 Å². The van der Waals surface area contributed by atoms with Gasteiger partial charge < -0.3 is 19.5 Å². The van der Waals surface area contributed by atoms with E-state index in [1.807, 2.05) is 24.3 Å². The summed E-state index contributed by atoms with van der Waals surface area (Å²) in [6.07, 6.45) is 6.08. The molecule has 0 saturated carbocycles. The number of hydrogen-bond acceptors (Lipinski definition) is 3. The zero-order valence-corrected chi connectivity index (χ0v) is 16.1. The van der Waals surface area contributed by atoms with Gasteiger partial charge in [-0.15, -0.1) is 0 Å². The van der Waals surface area contributed by atoms with Gasteiger partial charge in [-0.2, -0.15) is 0 Å². The second-order valence-corrected chi connectivity index (χ2v) is 7.22. The van der Waals surface area contributed by atoms with E-state index in [1.54, 1.807) is 0 Å². The third-order valence-electron chi connectivity index (χ3n) is 5.16. The second kappa shape index (κ2) is 10.8. The quantitative estimate of drug-likeness (QED) is 0.603. The number of unbranched alkanes of at least 4 members (excludes halogenated alkanes) is 2. The molecule has 4 heteroatoms. The van der Waals surface area contributed by atoms with Gasteiger partial charge >= 0.3 is 0 Å². The van der Waals surface area contributed by atoms with Gasteiger partial charge in [-0.3, -0.25) is 0 Å². The first-order valence-corrected chi connectivity index (χ1v) is 10.0. The van der Waals surface area contributed by atoms with Gasteiger partial charge in [-0.05, 0) is 30.5 Å². The molecule has 1 atom stereocenters. The van der Waals surface area contributed by atoms with Crippen molar-refractivity contribution in [3.63, 3.8) is 0 Å². The Morgan fingerprint density at radius 2 is 1.76 bits per heavy atom. The lowest BCUT2D eigenvalue weighted by Gasteiger charge is -2.31. The maximum Gasteiger partial charge on any atom is 0.119 e. The van der Waals surface area contributed by atoms with Crippen molar-refractivity contribution in [1.29, 1.82) is 0 Å². The molecular formula is C21H36NO3+. The van der Waals surface area contributed by atoms with Crippen molar-refractivity contribution < 1.29 is 19.5 Å². The SMILES string of the molecule is CCCCCOc1ccc([C@@](O)(CCC)CC[NH+]2CCOCC2)cc1. The highest BCUT2D eigenvalue weighted by atomic mass is 16.5. The third kappa shape index (κ3) is 6.61. The van der Waals surface area contributed by atoms with Gasteiger partial charge in [0, 0.05) is 6.42 Å². The van der Waals surface area contributed by atoms with E-state index < -0.39 is 5.60 Å². The second-order valence-electron chi connectivity index (χ2n) is 7.22. The Labute approximate surface area is 153 Å². The molecule has 0 bridgehead atoms. The molecule has 0 spiro atoms. The van der Waals surface area contributed by atoms with Gasteiger partial charge in [0.1, 0.15) is 18.8 Å². The summed E-state index contributed by atoms with van der Waals surface area (Å²) in [4.78, 5) is 1.54. The number of quaternary nitrogens is 1. The predicted molar refractivity (Wildman–Crippen MR) is 101 cm³/mol. The minimum absolute atomic E-state index is 0.735. The van der Waals surface area contributed by atoms with Gasteiger partial charge in [0.25, 0.3) is 0 Å². The Hall–Kier alpha value is -1.10. The molecule has 25 heavy (non-hydrogen) atoms.